The number of benzene rings is 3. The van der Waals surface area contributed by atoms with Crippen LogP contribution in [0.2, 0.25) is 0 Å². The maximum Gasteiger partial charge on any atom is 0.273 e. The van der Waals surface area contributed by atoms with E-state index < -0.39 is 10.8 Å². The number of nitrogens with one attached hydrogen (secondary N) is 1. The molecule has 0 saturated heterocycles. The SMILES string of the molecule is COc1ccc(OC)c(-n2c(CNC(=O)c3cccc([N+](=O)[O-])c3C)nnc2SCC(=O)N2CCCc3ccccc32)c1. The van der Waals surface area contributed by atoms with Gasteiger partial charge in [0.05, 0.1) is 37.1 Å². The number of nitro groups is 1. The topological polar surface area (TPSA) is 142 Å². The highest BCUT2D eigenvalue weighted by molar-refractivity contribution is 7.99. The first kappa shape index (κ1) is 29.6. The Morgan fingerprint density at radius 1 is 1.05 bits per heavy atom. The van der Waals surface area contributed by atoms with Gasteiger partial charge in [0, 0.05) is 35.5 Å². The first-order valence-electron chi connectivity index (χ1n) is 13.5. The number of fused-ring (bicyclic) bond motifs is 1. The fraction of sp³-hybridized carbons (Fsp3) is 0.267. The van der Waals surface area contributed by atoms with Crippen molar-refractivity contribution >= 4 is 35.0 Å². The Hall–Kier alpha value is -4.91. The van der Waals surface area contributed by atoms with Crippen molar-refractivity contribution in [3.05, 3.63) is 93.3 Å². The standard InChI is InChI=1S/C30H30N6O6S/c1-19-22(10-6-12-23(19)36(39)40)29(38)31-17-27-32-33-30(35(27)25-16-21(41-2)13-14-26(25)42-3)43-18-28(37)34-15-7-9-20-8-4-5-11-24(20)34/h4-6,8,10-14,16H,7,9,15,17-18H2,1-3H3,(H,31,38). The van der Waals surface area contributed by atoms with E-state index in [2.05, 4.69) is 15.5 Å². The number of aromatic nitrogens is 3. The van der Waals surface area contributed by atoms with Crippen molar-refractivity contribution in [2.45, 2.75) is 31.5 Å². The molecule has 222 valence electrons. The molecule has 3 aromatic carbocycles. The van der Waals surface area contributed by atoms with Crippen molar-refractivity contribution in [3.8, 4) is 17.2 Å². The highest BCUT2D eigenvalue weighted by atomic mass is 32.2. The lowest BCUT2D eigenvalue weighted by molar-refractivity contribution is -0.385. The third-order valence-corrected chi connectivity index (χ3v) is 8.13. The van der Waals surface area contributed by atoms with Gasteiger partial charge in [-0.3, -0.25) is 24.3 Å². The van der Waals surface area contributed by atoms with Crippen molar-refractivity contribution in [1.29, 1.82) is 0 Å². The van der Waals surface area contributed by atoms with Crippen LogP contribution >= 0.6 is 11.8 Å². The number of ether oxygens (including phenoxy) is 2. The molecular weight excluding hydrogens is 572 g/mol. The van der Waals surface area contributed by atoms with Crippen LogP contribution in [0.25, 0.3) is 5.69 Å². The van der Waals surface area contributed by atoms with Gasteiger partial charge in [-0.25, -0.2) is 0 Å². The number of nitrogens with zero attached hydrogens (tertiary/aromatic N) is 5. The normalized spacial score (nSPS) is 12.4. The molecule has 1 aliphatic heterocycles. The molecule has 0 saturated carbocycles. The molecule has 0 aliphatic carbocycles. The van der Waals surface area contributed by atoms with E-state index in [0.717, 1.165) is 24.1 Å². The predicted molar refractivity (Wildman–Crippen MR) is 161 cm³/mol. The largest absolute Gasteiger partial charge is 0.497 e. The number of para-hydroxylation sites is 1. The molecule has 2 amide bonds. The minimum absolute atomic E-state index is 0.0532. The number of rotatable bonds is 10. The van der Waals surface area contributed by atoms with Crippen LogP contribution in [-0.4, -0.2) is 58.0 Å². The monoisotopic (exact) mass is 602 g/mol. The van der Waals surface area contributed by atoms with Gasteiger partial charge in [-0.2, -0.15) is 0 Å². The molecule has 0 fully saturated rings. The Morgan fingerprint density at radius 3 is 2.63 bits per heavy atom. The Balaban J connectivity index is 1.43. The number of carbonyl (C=O) groups is 2. The van der Waals surface area contributed by atoms with E-state index in [4.69, 9.17) is 9.47 Å². The molecule has 0 bridgehead atoms. The fourth-order valence-electron chi connectivity index (χ4n) is 5.04. The molecule has 12 nitrogen and oxygen atoms in total. The Bertz CT molecular complexity index is 1690. The number of hydrogen-bond acceptors (Lipinski definition) is 9. The van der Waals surface area contributed by atoms with Crippen LogP contribution in [0.3, 0.4) is 0 Å². The van der Waals surface area contributed by atoms with Gasteiger partial charge < -0.3 is 19.7 Å². The summed E-state index contributed by atoms with van der Waals surface area (Å²) < 4.78 is 12.8. The van der Waals surface area contributed by atoms with Crippen molar-refractivity contribution in [2.24, 2.45) is 0 Å². The molecule has 5 rings (SSSR count). The number of nitro benzene ring substituents is 1. The van der Waals surface area contributed by atoms with E-state index in [1.165, 1.54) is 44.0 Å². The van der Waals surface area contributed by atoms with Gasteiger partial charge >= 0.3 is 0 Å². The van der Waals surface area contributed by atoms with Gasteiger partial charge in [0.2, 0.25) is 5.91 Å². The second kappa shape index (κ2) is 12.9. The maximum atomic E-state index is 13.4. The van der Waals surface area contributed by atoms with Crippen LogP contribution in [0, 0.1) is 17.0 Å². The molecule has 0 unspecified atom stereocenters. The van der Waals surface area contributed by atoms with E-state index in [9.17, 15) is 19.7 Å². The predicted octanol–water partition coefficient (Wildman–Crippen LogP) is 4.50. The zero-order valence-corrected chi connectivity index (χ0v) is 24.7. The number of anilines is 1. The van der Waals surface area contributed by atoms with Crippen molar-refractivity contribution < 1.29 is 24.0 Å². The molecule has 0 spiro atoms. The van der Waals surface area contributed by atoms with Crippen LogP contribution in [-0.2, 0) is 17.8 Å². The molecular formula is C30H30N6O6S. The van der Waals surface area contributed by atoms with Crippen molar-refractivity contribution in [2.75, 3.05) is 31.4 Å². The lowest BCUT2D eigenvalue weighted by Crippen LogP contribution is -2.36. The third-order valence-electron chi connectivity index (χ3n) is 7.22. The number of hydrogen-bond donors (Lipinski definition) is 1. The lowest BCUT2D eigenvalue weighted by atomic mass is 10.0. The first-order chi connectivity index (χ1) is 20.8. The summed E-state index contributed by atoms with van der Waals surface area (Å²) in [5, 5.41) is 23.3. The minimum Gasteiger partial charge on any atom is -0.497 e. The van der Waals surface area contributed by atoms with Gasteiger partial charge in [0.15, 0.2) is 11.0 Å². The van der Waals surface area contributed by atoms with Gasteiger partial charge in [0.1, 0.15) is 11.5 Å². The van der Waals surface area contributed by atoms with Crippen LogP contribution in [0.4, 0.5) is 11.4 Å². The first-order valence-corrected chi connectivity index (χ1v) is 14.5. The zero-order valence-electron chi connectivity index (χ0n) is 23.9. The summed E-state index contributed by atoms with van der Waals surface area (Å²) in [5.74, 6) is 0.977. The number of methoxy groups -OCH3 is 2. The molecule has 1 aliphatic rings. The molecule has 43 heavy (non-hydrogen) atoms. The van der Waals surface area contributed by atoms with Crippen LogP contribution in [0.15, 0.2) is 65.8 Å². The molecule has 13 heteroatoms. The van der Waals surface area contributed by atoms with Crippen LogP contribution < -0.4 is 19.7 Å². The summed E-state index contributed by atoms with van der Waals surface area (Å²) in [6, 6.07) is 17.5. The zero-order chi connectivity index (χ0) is 30.5. The van der Waals surface area contributed by atoms with Gasteiger partial charge in [-0.15, -0.1) is 10.2 Å². The molecule has 1 aromatic heterocycles. The summed E-state index contributed by atoms with van der Waals surface area (Å²) >= 11 is 1.22. The third kappa shape index (κ3) is 6.16. The van der Waals surface area contributed by atoms with Crippen molar-refractivity contribution in [1.82, 2.24) is 20.1 Å². The second-order valence-electron chi connectivity index (χ2n) is 9.73. The average molecular weight is 603 g/mol. The second-order valence-corrected chi connectivity index (χ2v) is 10.7. The van der Waals surface area contributed by atoms with Gasteiger partial charge in [-0.05, 0) is 49.6 Å². The van der Waals surface area contributed by atoms with E-state index in [0.29, 0.717) is 34.7 Å². The van der Waals surface area contributed by atoms with E-state index in [-0.39, 0.29) is 35.0 Å². The van der Waals surface area contributed by atoms with Crippen LogP contribution in [0.5, 0.6) is 11.5 Å². The summed E-state index contributed by atoms with van der Waals surface area (Å²) in [6.45, 7) is 2.12. The molecule has 1 N–H and O–H groups in total. The molecule has 2 heterocycles. The quantitative estimate of drug-likeness (QED) is 0.158. The number of thioether (sulfide) groups is 1. The summed E-state index contributed by atoms with van der Waals surface area (Å²) in [4.78, 5) is 39.1. The fourth-order valence-corrected chi connectivity index (χ4v) is 5.88. The van der Waals surface area contributed by atoms with E-state index >= 15 is 0 Å². The highest BCUT2D eigenvalue weighted by Crippen LogP contribution is 2.33. The molecule has 0 atom stereocenters. The summed E-state index contributed by atoms with van der Waals surface area (Å²) in [5.41, 5.74) is 2.93. The molecule has 0 radical (unpaired) electrons. The maximum absolute atomic E-state index is 13.4. The Labute approximate surface area is 252 Å². The van der Waals surface area contributed by atoms with Crippen LogP contribution in [0.1, 0.15) is 33.7 Å². The highest BCUT2D eigenvalue weighted by Gasteiger charge is 2.25. The number of amides is 2. The van der Waals surface area contributed by atoms with E-state index in [1.54, 1.807) is 34.8 Å². The molecule has 4 aromatic rings. The van der Waals surface area contributed by atoms with Gasteiger partial charge in [0.25, 0.3) is 11.6 Å². The minimum atomic E-state index is -0.523. The average Bonchev–Trinajstić information content (AvgIpc) is 3.44. The number of carbonyl (C=O) groups excluding carboxylic acids is 2. The van der Waals surface area contributed by atoms with Crippen molar-refractivity contribution in [3.63, 3.8) is 0 Å². The summed E-state index contributed by atoms with van der Waals surface area (Å²) in [7, 11) is 3.08. The smallest absolute Gasteiger partial charge is 0.273 e. The lowest BCUT2D eigenvalue weighted by Gasteiger charge is -2.29. The van der Waals surface area contributed by atoms with Gasteiger partial charge in [-0.1, -0.05) is 36.0 Å². The number of aryl methyl sites for hydroxylation is 1. The Morgan fingerprint density at radius 2 is 1.86 bits per heavy atom. The summed E-state index contributed by atoms with van der Waals surface area (Å²) in [6.07, 6.45) is 1.82. The Kier molecular flexibility index (Phi) is 8.90. The van der Waals surface area contributed by atoms with E-state index in [1.807, 2.05) is 24.3 Å².